The third-order valence-corrected chi connectivity index (χ3v) is 4.96. The first-order chi connectivity index (χ1) is 12.2. The van der Waals surface area contributed by atoms with Crippen LogP contribution < -0.4 is 5.32 Å². The number of carbonyl (C=O) groups is 3. The number of hydrogen-bond acceptors (Lipinski definition) is 5. The van der Waals surface area contributed by atoms with Crippen LogP contribution in [0.1, 0.15) is 51.7 Å². The third-order valence-electron chi connectivity index (χ3n) is 3.82. The van der Waals surface area contributed by atoms with Gasteiger partial charge in [-0.15, -0.1) is 0 Å². The molecule has 0 spiro atoms. The molecular formula is C20H29NO4S. The summed E-state index contributed by atoms with van der Waals surface area (Å²) in [7, 11) is 0. The van der Waals surface area contributed by atoms with Crippen molar-refractivity contribution in [2.75, 3.05) is 12.4 Å². The molecule has 1 aromatic rings. The quantitative estimate of drug-likeness (QED) is 0.667. The lowest BCUT2D eigenvalue weighted by molar-refractivity contribution is -0.146. The number of ether oxygens (including phenoxy) is 1. The molecule has 5 nitrogen and oxygen atoms in total. The van der Waals surface area contributed by atoms with Crippen LogP contribution in [0.5, 0.6) is 0 Å². The van der Waals surface area contributed by atoms with Crippen LogP contribution in [0.4, 0.5) is 0 Å². The van der Waals surface area contributed by atoms with Crippen LogP contribution >= 0.6 is 11.8 Å². The average Bonchev–Trinajstić information content (AvgIpc) is 2.57. The van der Waals surface area contributed by atoms with Gasteiger partial charge < -0.3 is 10.1 Å². The Kier molecular flexibility index (Phi) is 9.41. The van der Waals surface area contributed by atoms with E-state index >= 15 is 0 Å². The largest absolute Gasteiger partial charge is 0.464 e. The molecule has 1 unspecified atom stereocenters. The van der Waals surface area contributed by atoms with Gasteiger partial charge in [0.25, 0.3) is 0 Å². The van der Waals surface area contributed by atoms with Crippen LogP contribution in [-0.4, -0.2) is 35.4 Å². The van der Waals surface area contributed by atoms with E-state index < -0.39 is 12.0 Å². The maximum Gasteiger partial charge on any atom is 0.329 e. The van der Waals surface area contributed by atoms with Crippen molar-refractivity contribution in [3.05, 3.63) is 35.4 Å². The van der Waals surface area contributed by atoms with Crippen LogP contribution in [-0.2, 0) is 25.5 Å². The molecule has 1 aromatic carbocycles. The summed E-state index contributed by atoms with van der Waals surface area (Å²) in [4.78, 5) is 35.6. The molecule has 0 fully saturated rings. The second-order valence-corrected chi connectivity index (χ2v) is 7.72. The fourth-order valence-corrected chi connectivity index (χ4v) is 3.43. The second kappa shape index (κ2) is 11.0. The number of benzene rings is 1. The van der Waals surface area contributed by atoms with E-state index in [1.165, 1.54) is 12.5 Å². The van der Waals surface area contributed by atoms with Gasteiger partial charge in [-0.1, -0.05) is 56.8 Å². The summed E-state index contributed by atoms with van der Waals surface area (Å²) in [5.74, 6) is -0.386. The zero-order valence-electron chi connectivity index (χ0n) is 16.2. The normalized spacial score (nSPS) is 13.2. The SMILES string of the molecule is CCOC(=O)C(CSC(=O)[C@H](C)c1ccc(CC(C)C)cc1)NC(C)=O. The second-order valence-electron chi connectivity index (χ2n) is 6.70. The fraction of sp³-hybridized carbons (Fsp3) is 0.550. The van der Waals surface area contributed by atoms with Crippen molar-refractivity contribution in [3.63, 3.8) is 0 Å². The highest BCUT2D eigenvalue weighted by molar-refractivity contribution is 8.13. The Morgan fingerprint density at radius 3 is 2.23 bits per heavy atom. The van der Waals surface area contributed by atoms with Gasteiger partial charge in [-0.3, -0.25) is 9.59 Å². The molecule has 0 saturated heterocycles. The Bertz CT molecular complexity index is 613. The van der Waals surface area contributed by atoms with Gasteiger partial charge in [0, 0.05) is 12.7 Å². The number of thioether (sulfide) groups is 1. The lowest BCUT2D eigenvalue weighted by Crippen LogP contribution is -2.43. The highest BCUT2D eigenvalue weighted by Crippen LogP contribution is 2.24. The van der Waals surface area contributed by atoms with E-state index in [1.807, 2.05) is 19.1 Å². The van der Waals surface area contributed by atoms with E-state index in [2.05, 4.69) is 31.3 Å². The molecule has 0 bridgehead atoms. The Balaban J connectivity index is 2.66. The van der Waals surface area contributed by atoms with Gasteiger partial charge in [-0.05, 0) is 30.4 Å². The van der Waals surface area contributed by atoms with Crippen LogP contribution in [0.25, 0.3) is 0 Å². The molecule has 1 N–H and O–H groups in total. The fourth-order valence-electron chi connectivity index (χ4n) is 2.50. The van der Waals surface area contributed by atoms with E-state index in [1.54, 1.807) is 6.92 Å². The van der Waals surface area contributed by atoms with Crippen molar-refractivity contribution in [2.45, 2.75) is 53.0 Å². The molecule has 6 heteroatoms. The zero-order chi connectivity index (χ0) is 19.7. The first-order valence-corrected chi connectivity index (χ1v) is 9.92. The molecule has 0 aliphatic carbocycles. The minimum absolute atomic E-state index is 0.0405. The topological polar surface area (TPSA) is 72.5 Å². The van der Waals surface area contributed by atoms with E-state index in [4.69, 9.17) is 4.74 Å². The van der Waals surface area contributed by atoms with Gasteiger partial charge in [0.15, 0.2) is 5.12 Å². The predicted molar refractivity (Wildman–Crippen MR) is 105 cm³/mol. The molecular weight excluding hydrogens is 350 g/mol. The standard InChI is InChI=1S/C20H29NO4S/c1-6-25-19(23)18(21-15(5)22)12-26-20(24)14(4)17-9-7-16(8-10-17)11-13(2)3/h7-10,13-14,18H,6,11-12H2,1-5H3,(H,21,22)/t14-,18?/m1/s1. The molecule has 1 rings (SSSR count). The van der Waals surface area contributed by atoms with Gasteiger partial charge in [-0.25, -0.2) is 4.79 Å². The maximum absolute atomic E-state index is 12.5. The van der Waals surface area contributed by atoms with Crippen molar-refractivity contribution < 1.29 is 19.1 Å². The van der Waals surface area contributed by atoms with Crippen LogP contribution in [0, 0.1) is 5.92 Å². The summed E-state index contributed by atoms with van der Waals surface area (Å²) in [6, 6.07) is 7.27. The Hall–Kier alpha value is -1.82. The summed E-state index contributed by atoms with van der Waals surface area (Å²) in [5.41, 5.74) is 2.20. The summed E-state index contributed by atoms with van der Waals surface area (Å²) in [6.45, 7) is 9.46. The number of hydrogen-bond donors (Lipinski definition) is 1. The third kappa shape index (κ3) is 7.60. The maximum atomic E-state index is 12.5. The molecule has 1 amide bonds. The molecule has 0 aliphatic heterocycles. The van der Waals surface area contributed by atoms with Gasteiger partial charge in [0.1, 0.15) is 6.04 Å². The smallest absolute Gasteiger partial charge is 0.329 e. The number of esters is 1. The lowest BCUT2D eigenvalue weighted by Gasteiger charge is -2.17. The molecule has 0 aromatic heterocycles. The highest BCUT2D eigenvalue weighted by atomic mass is 32.2. The van der Waals surface area contributed by atoms with Crippen LogP contribution in [0.3, 0.4) is 0 Å². The minimum atomic E-state index is -0.818. The van der Waals surface area contributed by atoms with Crippen molar-refractivity contribution in [1.29, 1.82) is 0 Å². The Morgan fingerprint density at radius 1 is 1.12 bits per heavy atom. The van der Waals surface area contributed by atoms with E-state index in [-0.39, 0.29) is 29.3 Å². The van der Waals surface area contributed by atoms with Crippen molar-refractivity contribution in [3.8, 4) is 0 Å². The first kappa shape index (κ1) is 22.2. The van der Waals surface area contributed by atoms with Crippen molar-refractivity contribution in [1.82, 2.24) is 5.32 Å². The summed E-state index contributed by atoms with van der Waals surface area (Å²) >= 11 is 1.04. The number of nitrogens with one attached hydrogen (secondary N) is 1. The Morgan fingerprint density at radius 2 is 1.73 bits per heavy atom. The van der Waals surface area contributed by atoms with Gasteiger partial charge in [0.05, 0.1) is 12.5 Å². The highest BCUT2D eigenvalue weighted by Gasteiger charge is 2.24. The van der Waals surface area contributed by atoms with Crippen LogP contribution in [0.15, 0.2) is 24.3 Å². The molecule has 26 heavy (non-hydrogen) atoms. The predicted octanol–water partition coefficient (Wildman–Crippen LogP) is 3.32. The summed E-state index contributed by atoms with van der Waals surface area (Å²) in [5, 5.41) is 2.50. The zero-order valence-corrected chi connectivity index (χ0v) is 17.0. The monoisotopic (exact) mass is 379 g/mol. The van der Waals surface area contributed by atoms with Crippen molar-refractivity contribution in [2.24, 2.45) is 5.92 Å². The summed E-state index contributed by atoms with van der Waals surface area (Å²) < 4.78 is 4.95. The van der Waals surface area contributed by atoms with E-state index in [0.29, 0.717) is 5.92 Å². The molecule has 0 heterocycles. The van der Waals surface area contributed by atoms with Gasteiger partial charge in [-0.2, -0.15) is 0 Å². The number of carbonyl (C=O) groups excluding carboxylic acids is 3. The Labute approximate surface area is 160 Å². The first-order valence-electron chi connectivity index (χ1n) is 8.93. The summed E-state index contributed by atoms with van der Waals surface area (Å²) in [6.07, 6.45) is 1.01. The molecule has 144 valence electrons. The van der Waals surface area contributed by atoms with Gasteiger partial charge >= 0.3 is 5.97 Å². The number of rotatable bonds is 9. The van der Waals surface area contributed by atoms with E-state index in [9.17, 15) is 14.4 Å². The minimum Gasteiger partial charge on any atom is -0.464 e. The molecule has 0 aliphatic rings. The van der Waals surface area contributed by atoms with Crippen molar-refractivity contribution >= 4 is 28.8 Å². The van der Waals surface area contributed by atoms with E-state index in [0.717, 1.165) is 23.7 Å². The molecule has 0 radical (unpaired) electrons. The molecule has 0 saturated carbocycles. The lowest BCUT2D eigenvalue weighted by atomic mass is 9.97. The van der Waals surface area contributed by atoms with Crippen LogP contribution in [0.2, 0.25) is 0 Å². The van der Waals surface area contributed by atoms with Gasteiger partial charge in [0.2, 0.25) is 5.91 Å². The molecule has 2 atom stereocenters. The number of amides is 1. The average molecular weight is 380 g/mol.